The smallest absolute Gasteiger partial charge is 0.0477 e. The van der Waals surface area contributed by atoms with Crippen molar-refractivity contribution < 1.29 is 0 Å². The molecule has 1 nitrogen and oxygen atoms in total. The highest BCUT2D eigenvalue weighted by atomic mass is 28.3. The van der Waals surface area contributed by atoms with E-state index in [1.54, 1.807) is 5.57 Å². The van der Waals surface area contributed by atoms with E-state index in [1.165, 1.54) is 23.1 Å². The molecule has 1 aromatic rings. The summed E-state index contributed by atoms with van der Waals surface area (Å²) in [6, 6.07) is 11.2. The first-order chi connectivity index (χ1) is 13.3. The molecule has 150 valence electrons. The molecule has 1 aromatic carbocycles. The lowest BCUT2D eigenvalue weighted by Crippen LogP contribution is -2.41. The van der Waals surface area contributed by atoms with Gasteiger partial charge in [-0.15, -0.1) is 0 Å². The summed E-state index contributed by atoms with van der Waals surface area (Å²) in [4.78, 5) is 0. The third-order valence-electron chi connectivity index (χ3n) is 6.10. The molecule has 1 N–H and O–H groups in total. The van der Waals surface area contributed by atoms with E-state index in [0.29, 0.717) is 17.4 Å². The minimum absolute atomic E-state index is 0.337. The van der Waals surface area contributed by atoms with Crippen LogP contribution in [0.4, 0.5) is 0 Å². The largest absolute Gasteiger partial charge is 0.307 e. The summed E-state index contributed by atoms with van der Waals surface area (Å²) in [5, 5.41) is 3.89. The Morgan fingerprint density at radius 1 is 1.18 bits per heavy atom. The highest BCUT2D eigenvalue weighted by Crippen LogP contribution is 2.39. The zero-order chi connectivity index (χ0) is 20.3. The molecule has 0 aromatic heterocycles. The van der Waals surface area contributed by atoms with Crippen molar-refractivity contribution >= 4 is 8.80 Å². The average molecular weight is 392 g/mol. The van der Waals surface area contributed by atoms with Crippen molar-refractivity contribution in [1.29, 1.82) is 0 Å². The summed E-state index contributed by atoms with van der Waals surface area (Å²) in [6.45, 7) is 17.3. The topological polar surface area (TPSA) is 12.0 Å². The first kappa shape index (κ1) is 21.1. The zero-order valence-electron chi connectivity index (χ0n) is 18.3. The third-order valence-corrected chi connectivity index (χ3v) is 8.37. The summed E-state index contributed by atoms with van der Waals surface area (Å²) < 4.78 is 0. The Bertz CT molecular complexity index is 776. The van der Waals surface area contributed by atoms with Gasteiger partial charge in [-0.2, -0.15) is 0 Å². The molecule has 0 radical (unpaired) electrons. The van der Waals surface area contributed by atoms with Crippen LogP contribution in [0, 0.1) is 5.41 Å². The molecule has 3 unspecified atom stereocenters. The lowest BCUT2D eigenvalue weighted by atomic mass is 9.79. The van der Waals surface area contributed by atoms with E-state index >= 15 is 0 Å². The van der Waals surface area contributed by atoms with E-state index in [2.05, 4.69) is 94.3 Å². The van der Waals surface area contributed by atoms with Gasteiger partial charge in [-0.3, -0.25) is 0 Å². The Hall–Kier alpha value is -1.64. The maximum Gasteiger partial charge on any atom is 0.0477 e. The highest BCUT2D eigenvalue weighted by molar-refractivity contribution is 6.58. The molecular weight excluding hydrogens is 354 g/mol. The second kappa shape index (κ2) is 8.80. The minimum atomic E-state index is -0.734. The van der Waals surface area contributed by atoms with Gasteiger partial charge in [0.05, 0.1) is 0 Å². The number of hydrogen-bond acceptors (Lipinski definition) is 1. The molecule has 1 heterocycles. The molecule has 3 atom stereocenters. The van der Waals surface area contributed by atoms with Gasteiger partial charge < -0.3 is 5.32 Å². The van der Waals surface area contributed by atoms with Crippen molar-refractivity contribution in [3.8, 4) is 0 Å². The van der Waals surface area contributed by atoms with Crippen LogP contribution < -0.4 is 5.32 Å². The lowest BCUT2D eigenvalue weighted by Gasteiger charge is -2.37. The van der Waals surface area contributed by atoms with E-state index in [-0.39, 0.29) is 0 Å². The third kappa shape index (κ3) is 5.04. The van der Waals surface area contributed by atoms with Crippen molar-refractivity contribution in [2.45, 2.75) is 64.2 Å². The maximum absolute atomic E-state index is 4.10. The Morgan fingerprint density at radius 2 is 1.89 bits per heavy atom. The molecular formula is C26H37NSi. The van der Waals surface area contributed by atoms with E-state index in [9.17, 15) is 0 Å². The van der Waals surface area contributed by atoms with Crippen LogP contribution in [0.5, 0.6) is 0 Å². The molecule has 1 aliphatic carbocycles. The number of benzene rings is 1. The molecule has 2 heteroatoms. The Labute approximate surface area is 173 Å². The lowest BCUT2D eigenvalue weighted by molar-refractivity contribution is 0.396. The molecule has 28 heavy (non-hydrogen) atoms. The van der Waals surface area contributed by atoms with Crippen molar-refractivity contribution in [2.75, 3.05) is 6.54 Å². The van der Waals surface area contributed by atoms with E-state index in [4.69, 9.17) is 0 Å². The average Bonchev–Trinajstić information content (AvgIpc) is 2.66. The molecule has 3 rings (SSSR count). The Balaban J connectivity index is 1.91. The van der Waals surface area contributed by atoms with Crippen LogP contribution in [0.2, 0.25) is 18.6 Å². The standard InChI is InChI=1S/C26H37NSi/c1-7-19-13-14-21(20-11-9-8-10-12-20)15-23(19)24-16-22(17-26(2,3)4)25(18-27-24)28(5)6/h7-14,16,21,24-25,27-28H,1,15,17-18H2,2-6H3. The van der Waals surface area contributed by atoms with Crippen LogP contribution in [-0.2, 0) is 0 Å². The Kier molecular flexibility index (Phi) is 6.62. The molecule has 0 amide bonds. The number of rotatable bonds is 5. The monoisotopic (exact) mass is 391 g/mol. The van der Waals surface area contributed by atoms with Crippen molar-refractivity contribution in [3.63, 3.8) is 0 Å². The van der Waals surface area contributed by atoms with Crippen molar-refractivity contribution in [2.24, 2.45) is 5.41 Å². The van der Waals surface area contributed by atoms with Gasteiger partial charge in [0.15, 0.2) is 0 Å². The second-order valence-corrected chi connectivity index (χ2v) is 13.3. The van der Waals surface area contributed by atoms with Gasteiger partial charge in [0.1, 0.15) is 0 Å². The number of nitrogens with one attached hydrogen (secondary N) is 1. The van der Waals surface area contributed by atoms with Crippen LogP contribution in [-0.4, -0.2) is 21.4 Å². The minimum Gasteiger partial charge on any atom is -0.307 e. The van der Waals surface area contributed by atoms with Gasteiger partial charge in [-0.1, -0.05) is 101 Å². The molecule has 2 aliphatic rings. The van der Waals surface area contributed by atoms with Gasteiger partial charge in [0.25, 0.3) is 0 Å². The fraction of sp³-hybridized carbons (Fsp3) is 0.462. The number of allylic oxidation sites excluding steroid dienone is 4. The summed E-state index contributed by atoms with van der Waals surface area (Å²) in [6.07, 6.45) is 11.5. The van der Waals surface area contributed by atoms with Gasteiger partial charge in [0, 0.05) is 20.8 Å². The maximum atomic E-state index is 4.10. The van der Waals surface area contributed by atoms with Crippen molar-refractivity contribution in [1.82, 2.24) is 5.32 Å². The summed E-state index contributed by atoms with van der Waals surface area (Å²) in [5.74, 6) is 0.457. The van der Waals surface area contributed by atoms with Gasteiger partial charge >= 0.3 is 0 Å². The molecule has 0 spiro atoms. The fourth-order valence-corrected chi connectivity index (χ4v) is 6.35. The quantitative estimate of drug-likeness (QED) is 0.452. The molecule has 0 saturated heterocycles. The van der Waals surface area contributed by atoms with E-state index in [0.717, 1.165) is 18.5 Å². The SMILES string of the molecule is C=CC1=C(C2C=C(CC(C)(C)C)C([SiH](C)C)CN2)CC(c2ccccc2)C=C1. The van der Waals surface area contributed by atoms with E-state index < -0.39 is 8.80 Å². The van der Waals surface area contributed by atoms with Crippen molar-refractivity contribution in [3.05, 3.63) is 83.5 Å². The van der Waals surface area contributed by atoms with Crippen LogP contribution in [0.1, 0.15) is 45.1 Å². The normalized spacial score (nSPS) is 25.8. The van der Waals surface area contributed by atoms with Gasteiger partial charge in [0.2, 0.25) is 0 Å². The molecule has 1 aliphatic heterocycles. The summed E-state index contributed by atoms with van der Waals surface area (Å²) >= 11 is 0. The first-order valence-corrected chi connectivity index (χ1v) is 13.8. The van der Waals surface area contributed by atoms with Crippen LogP contribution in [0.15, 0.2) is 77.9 Å². The van der Waals surface area contributed by atoms with Crippen LogP contribution in [0.3, 0.4) is 0 Å². The van der Waals surface area contributed by atoms with Gasteiger partial charge in [-0.05, 0) is 47.1 Å². The van der Waals surface area contributed by atoms with E-state index in [1.807, 2.05) is 6.08 Å². The Morgan fingerprint density at radius 3 is 2.50 bits per heavy atom. The first-order valence-electron chi connectivity index (χ1n) is 10.8. The summed E-state index contributed by atoms with van der Waals surface area (Å²) in [5.41, 5.74) is 7.01. The molecule has 0 saturated carbocycles. The predicted octanol–water partition coefficient (Wildman–Crippen LogP) is 6.40. The fourth-order valence-electron chi connectivity index (χ4n) is 4.66. The molecule has 0 bridgehead atoms. The summed E-state index contributed by atoms with van der Waals surface area (Å²) in [7, 11) is -0.734. The second-order valence-electron chi connectivity index (χ2n) is 9.98. The zero-order valence-corrected chi connectivity index (χ0v) is 19.5. The highest BCUT2D eigenvalue weighted by Gasteiger charge is 2.31. The van der Waals surface area contributed by atoms with Gasteiger partial charge in [-0.25, -0.2) is 0 Å². The van der Waals surface area contributed by atoms with Crippen LogP contribution in [0.25, 0.3) is 0 Å². The molecule has 0 fully saturated rings. The van der Waals surface area contributed by atoms with Crippen LogP contribution >= 0.6 is 0 Å². The predicted molar refractivity (Wildman–Crippen MR) is 127 cm³/mol. The number of hydrogen-bond donors (Lipinski definition) is 1.